The van der Waals surface area contributed by atoms with Crippen LogP contribution >= 0.6 is 11.3 Å². The maximum atomic E-state index is 11.1. The fraction of sp³-hybridized carbons (Fsp3) is 0.0500. The van der Waals surface area contributed by atoms with Crippen molar-refractivity contribution in [2.75, 3.05) is 5.32 Å². The maximum Gasteiger partial charge on any atom is 0.339 e. The molecule has 27 heavy (non-hydrogen) atoms. The Morgan fingerprint density at radius 2 is 1.89 bits per heavy atom. The molecule has 0 aliphatic heterocycles. The van der Waals surface area contributed by atoms with E-state index in [9.17, 15) is 9.90 Å². The third-order valence-electron chi connectivity index (χ3n) is 4.22. The summed E-state index contributed by atoms with van der Waals surface area (Å²) in [5.74, 6) is -0.878. The van der Waals surface area contributed by atoms with Gasteiger partial charge in [-0.1, -0.05) is 30.3 Å². The Balaban J connectivity index is 1.83. The van der Waals surface area contributed by atoms with Crippen molar-refractivity contribution in [1.29, 1.82) is 0 Å². The van der Waals surface area contributed by atoms with Crippen LogP contribution in [0.25, 0.3) is 21.3 Å². The van der Waals surface area contributed by atoms with Crippen LogP contribution < -0.4 is 5.32 Å². The molecule has 0 aliphatic carbocycles. The van der Waals surface area contributed by atoms with Crippen LogP contribution in [0.1, 0.15) is 15.2 Å². The van der Waals surface area contributed by atoms with Gasteiger partial charge in [-0.25, -0.2) is 14.8 Å². The minimum atomic E-state index is -1.18. The Morgan fingerprint density at radius 3 is 2.59 bits per heavy atom. The first-order valence-corrected chi connectivity index (χ1v) is 8.99. The van der Waals surface area contributed by atoms with Gasteiger partial charge >= 0.3 is 5.97 Å². The second-order valence-electron chi connectivity index (χ2n) is 5.96. The van der Waals surface area contributed by atoms with Gasteiger partial charge in [0.2, 0.25) is 0 Å². The van der Waals surface area contributed by atoms with Gasteiger partial charge in [0.1, 0.15) is 28.3 Å². The van der Waals surface area contributed by atoms with E-state index in [1.54, 1.807) is 17.4 Å². The molecule has 4 rings (SSSR count). The first kappa shape index (κ1) is 17.0. The molecule has 0 spiro atoms. The molecular formula is C20H15N3O3S. The summed E-state index contributed by atoms with van der Waals surface area (Å²) >= 11 is 1.59. The predicted molar refractivity (Wildman–Crippen MR) is 106 cm³/mol. The number of anilines is 2. The third-order valence-corrected chi connectivity index (χ3v) is 5.23. The summed E-state index contributed by atoms with van der Waals surface area (Å²) in [6.45, 7) is 2.05. The molecule has 2 aromatic carbocycles. The molecule has 0 atom stereocenters. The molecule has 0 saturated heterocycles. The molecule has 0 fully saturated rings. The highest BCUT2D eigenvalue weighted by Gasteiger charge is 2.17. The zero-order chi connectivity index (χ0) is 19.0. The van der Waals surface area contributed by atoms with Crippen LogP contribution in [0.15, 0.2) is 54.9 Å². The molecular weight excluding hydrogens is 362 g/mol. The number of nitrogens with zero attached hydrogens (tertiary/aromatic N) is 2. The standard InChI is InChI=1S/C20H15N3O3S/c1-11-16(12-5-3-2-4-6-12)17-18(21-10-22-19(17)27-11)23-13-7-8-14(20(25)26)15(24)9-13/h2-10,24H,1H3,(H,25,26)(H,21,22,23). The van der Waals surface area contributed by atoms with E-state index in [1.165, 1.54) is 18.5 Å². The number of aryl methyl sites for hydroxylation is 1. The fourth-order valence-electron chi connectivity index (χ4n) is 3.02. The van der Waals surface area contributed by atoms with Crippen molar-refractivity contribution in [2.45, 2.75) is 6.92 Å². The van der Waals surface area contributed by atoms with Gasteiger partial charge in [0, 0.05) is 22.2 Å². The number of carbonyl (C=O) groups is 1. The molecule has 134 valence electrons. The van der Waals surface area contributed by atoms with Gasteiger partial charge in [0.05, 0.1) is 5.39 Å². The molecule has 2 aromatic heterocycles. The molecule has 4 aromatic rings. The van der Waals surface area contributed by atoms with Crippen LogP contribution in [-0.2, 0) is 0 Å². The van der Waals surface area contributed by atoms with E-state index in [0.717, 1.165) is 26.2 Å². The summed E-state index contributed by atoms with van der Waals surface area (Å²) in [6.07, 6.45) is 1.49. The number of aromatic carboxylic acids is 1. The molecule has 0 amide bonds. The minimum Gasteiger partial charge on any atom is -0.507 e. The van der Waals surface area contributed by atoms with Crippen molar-refractivity contribution in [1.82, 2.24) is 9.97 Å². The normalized spacial score (nSPS) is 10.9. The van der Waals surface area contributed by atoms with Gasteiger partial charge in [-0.05, 0) is 24.6 Å². The summed E-state index contributed by atoms with van der Waals surface area (Å²) in [6, 6.07) is 14.3. The molecule has 0 unspecified atom stereocenters. The van der Waals surface area contributed by atoms with Crippen molar-refractivity contribution in [3.05, 3.63) is 65.3 Å². The number of carboxylic acid groups (broad SMARTS) is 1. The van der Waals surface area contributed by atoms with Crippen molar-refractivity contribution in [3.63, 3.8) is 0 Å². The Hall–Kier alpha value is -3.45. The molecule has 2 heterocycles. The number of nitrogens with one attached hydrogen (secondary N) is 1. The van der Waals surface area contributed by atoms with E-state index >= 15 is 0 Å². The van der Waals surface area contributed by atoms with Crippen molar-refractivity contribution in [3.8, 4) is 16.9 Å². The summed E-state index contributed by atoms with van der Waals surface area (Å²) in [7, 11) is 0. The van der Waals surface area contributed by atoms with E-state index in [0.29, 0.717) is 11.5 Å². The van der Waals surface area contributed by atoms with Crippen LogP contribution in [-0.4, -0.2) is 26.2 Å². The molecule has 0 radical (unpaired) electrons. The van der Waals surface area contributed by atoms with E-state index in [2.05, 4.69) is 15.3 Å². The Morgan fingerprint density at radius 1 is 1.11 bits per heavy atom. The number of aromatic hydroxyl groups is 1. The summed E-state index contributed by atoms with van der Waals surface area (Å²) < 4.78 is 0. The number of carboxylic acids is 1. The topological polar surface area (TPSA) is 95.3 Å². The zero-order valence-corrected chi connectivity index (χ0v) is 15.1. The summed E-state index contributed by atoms with van der Waals surface area (Å²) in [5, 5.41) is 23.1. The number of benzene rings is 2. The molecule has 6 nitrogen and oxygen atoms in total. The Labute approximate surface area is 158 Å². The van der Waals surface area contributed by atoms with Crippen LogP contribution in [0.3, 0.4) is 0 Å². The highest BCUT2D eigenvalue weighted by molar-refractivity contribution is 7.19. The molecule has 0 aliphatic rings. The Kier molecular flexibility index (Phi) is 4.21. The molecule has 0 bridgehead atoms. The average molecular weight is 377 g/mol. The predicted octanol–water partition coefficient (Wildman–Crippen LogP) is 4.81. The van der Waals surface area contributed by atoms with Gasteiger partial charge in [-0.15, -0.1) is 11.3 Å². The number of hydrogen-bond acceptors (Lipinski definition) is 6. The van der Waals surface area contributed by atoms with E-state index in [1.807, 2.05) is 37.3 Å². The van der Waals surface area contributed by atoms with Gasteiger partial charge in [-0.3, -0.25) is 0 Å². The van der Waals surface area contributed by atoms with Crippen molar-refractivity contribution >= 4 is 39.0 Å². The number of aromatic nitrogens is 2. The van der Waals surface area contributed by atoms with Gasteiger partial charge in [0.15, 0.2) is 0 Å². The number of phenols is 1. The fourth-order valence-corrected chi connectivity index (χ4v) is 4.03. The molecule has 3 N–H and O–H groups in total. The zero-order valence-electron chi connectivity index (χ0n) is 14.3. The van der Waals surface area contributed by atoms with Crippen LogP contribution in [0.2, 0.25) is 0 Å². The van der Waals surface area contributed by atoms with Crippen LogP contribution in [0, 0.1) is 6.92 Å². The van der Waals surface area contributed by atoms with E-state index in [4.69, 9.17) is 5.11 Å². The summed E-state index contributed by atoms with van der Waals surface area (Å²) in [4.78, 5) is 21.8. The SMILES string of the molecule is Cc1sc2ncnc(Nc3ccc(C(=O)O)c(O)c3)c2c1-c1ccccc1. The number of thiophene rings is 1. The average Bonchev–Trinajstić information content (AvgIpc) is 2.99. The quantitative estimate of drug-likeness (QED) is 0.472. The first-order chi connectivity index (χ1) is 13.0. The second-order valence-corrected chi connectivity index (χ2v) is 7.17. The lowest BCUT2D eigenvalue weighted by atomic mass is 10.0. The minimum absolute atomic E-state index is 0.148. The second kappa shape index (κ2) is 6.69. The van der Waals surface area contributed by atoms with E-state index in [-0.39, 0.29) is 11.3 Å². The lowest BCUT2D eigenvalue weighted by molar-refractivity contribution is 0.0694. The van der Waals surface area contributed by atoms with E-state index < -0.39 is 5.97 Å². The van der Waals surface area contributed by atoms with Gasteiger partial charge in [-0.2, -0.15) is 0 Å². The van der Waals surface area contributed by atoms with Gasteiger partial charge < -0.3 is 15.5 Å². The van der Waals surface area contributed by atoms with Crippen LogP contribution in [0.5, 0.6) is 5.75 Å². The molecule has 7 heteroatoms. The third kappa shape index (κ3) is 3.09. The first-order valence-electron chi connectivity index (χ1n) is 8.17. The lowest BCUT2D eigenvalue weighted by Crippen LogP contribution is -1.99. The van der Waals surface area contributed by atoms with Crippen molar-refractivity contribution < 1.29 is 15.0 Å². The highest BCUT2D eigenvalue weighted by Crippen LogP contribution is 2.41. The largest absolute Gasteiger partial charge is 0.507 e. The maximum absolute atomic E-state index is 11.1. The lowest BCUT2D eigenvalue weighted by Gasteiger charge is -2.10. The summed E-state index contributed by atoms with van der Waals surface area (Å²) in [5.41, 5.74) is 2.53. The highest BCUT2D eigenvalue weighted by atomic mass is 32.1. The molecule has 0 saturated carbocycles. The monoisotopic (exact) mass is 377 g/mol. The number of hydrogen-bond donors (Lipinski definition) is 3. The number of fused-ring (bicyclic) bond motifs is 1. The smallest absolute Gasteiger partial charge is 0.339 e. The van der Waals surface area contributed by atoms with Gasteiger partial charge in [0.25, 0.3) is 0 Å². The number of rotatable bonds is 4. The van der Waals surface area contributed by atoms with Crippen LogP contribution in [0.4, 0.5) is 11.5 Å². The Bertz CT molecular complexity index is 1160. The van der Waals surface area contributed by atoms with Crippen molar-refractivity contribution in [2.24, 2.45) is 0 Å².